The van der Waals surface area contributed by atoms with Crippen molar-refractivity contribution in [2.75, 3.05) is 6.61 Å². The number of alkyl halides is 3. The minimum absolute atomic E-state index is 0.297. The Morgan fingerprint density at radius 1 is 1.27 bits per heavy atom. The van der Waals surface area contributed by atoms with Crippen molar-refractivity contribution in [3.63, 3.8) is 0 Å². The maximum atomic E-state index is 12.4. The van der Waals surface area contributed by atoms with Crippen LogP contribution >= 0.6 is 7.60 Å². The topological polar surface area (TPSA) is 89.9 Å². The Kier molecular flexibility index (Phi) is 6.17. The van der Waals surface area contributed by atoms with Crippen molar-refractivity contribution in [1.82, 2.24) is 0 Å². The lowest BCUT2D eigenvalue weighted by Gasteiger charge is -2.22. The third-order valence-corrected chi connectivity index (χ3v) is 5.29. The van der Waals surface area contributed by atoms with Crippen LogP contribution in [-0.4, -0.2) is 31.3 Å². The highest BCUT2D eigenvalue weighted by Crippen LogP contribution is 2.50. The zero-order valence-corrected chi connectivity index (χ0v) is 13.1. The van der Waals surface area contributed by atoms with E-state index in [-0.39, 0.29) is 6.61 Å². The number of halogens is 3. The molecule has 1 aromatic rings. The van der Waals surface area contributed by atoms with Crippen LogP contribution in [0.3, 0.4) is 0 Å². The smallest absolute Gasteiger partial charge is 0.322 e. The van der Waals surface area contributed by atoms with E-state index in [4.69, 9.17) is 0 Å². The second-order valence-electron chi connectivity index (χ2n) is 4.12. The van der Waals surface area contributed by atoms with Crippen LogP contribution in [0.15, 0.2) is 30.3 Å². The van der Waals surface area contributed by atoms with Crippen molar-refractivity contribution in [1.29, 1.82) is 0 Å². The molecule has 0 fully saturated rings. The van der Waals surface area contributed by atoms with Gasteiger partial charge in [-0.2, -0.15) is 21.6 Å². The Morgan fingerprint density at radius 2 is 1.82 bits per heavy atom. The number of hydrogen-bond donors (Lipinski definition) is 1. The number of benzene rings is 1. The summed E-state index contributed by atoms with van der Waals surface area (Å²) in [6.07, 6.45) is -0.538. The van der Waals surface area contributed by atoms with Crippen LogP contribution in [0.25, 0.3) is 0 Å². The van der Waals surface area contributed by atoms with Gasteiger partial charge in [0.05, 0.1) is 6.61 Å². The first-order valence-electron chi connectivity index (χ1n) is 6.00. The SMILES string of the molecule is CCOP(=O)(O)C(Cc1ccccc1)OS(=O)(=O)C(F)(F)F. The molecule has 0 radical (unpaired) electrons. The summed E-state index contributed by atoms with van der Waals surface area (Å²) in [7, 11) is -10.8. The van der Waals surface area contributed by atoms with Crippen LogP contribution in [-0.2, 0) is 29.8 Å². The van der Waals surface area contributed by atoms with Crippen molar-refractivity contribution < 1.29 is 39.8 Å². The number of hydrogen-bond acceptors (Lipinski definition) is 5. The van der Waals surface area contributed by atoms with Crippen LogP contribution in [0.2, 0.25) is 0 Å². The van der Waals surface area contributed by atoms with Gasteiger partial charge in [0.25, 0.3) is 0 Å². The summed E-state index contributed by atoms with van der Waals surface area (Å²) in [6, 6.07) is 7.58. The first-order chi connectivity index (χ1) is 9.99. The average molecular weight is 362 g/mol. The van der Waals surface area contributed by atoms with Crippen LogP contribution < -0.4 is 0 Å². The van der Waals surface area contributed by atoms with Gasteiger partial charge in [0.2, 0.25) is 0 Å². The molecule has 0 aliphatic rings. The molecule has 1 aromatic carbocycles. The Hall–Kier alpha value is -0.930. The van der Waals surface area contributed by atoms with Crippen LogP contribution in [0.4, 0.5) is 13.2 Å². The molecule has 0 saturated carbocycles. The maximum absolute atomic E-state index is 12.4. The zero-order chi connectivity index (χ0) is 17.0. The van der Waals surface area contributed by atoms with Gasteiger partial charge in [-0.3, -0.25) is 4.57 Å². The van der Waals surface area contributed by atoms with Gasteiger partial charge >= 0.3 is 23.2 Å². The van der Waals surface area contributed by atoms with E-state index in [9.17, 15) is 31.0 Å². The van der Waals surface area contributed by atoms with Crippen molar-refractivity contribution in [3.05, 3.63) is 35.9 Å². The molecule has 2 unspecified atom stereocenters. The highest BCUT2D eigenvalue weighted by molar-refractivity contribution is 7.87. The van der Waals surface area contributed by atoms with Gasteiger partial charge < -0.3 is 9.42 Å². The lowest BCUT2D eigenvalue weighted by atomic mass is 10.2. The summed E-state index contributed by atoms with van der Waals surface area (Å²) in [6.45, 7) is 1.04. The second-order valence-corrected chi connectivity index (χ2v) is 7.65. The highest BCUT2D eigenvalue weighted by atomic mass is 32.2. The first kappa shape index (κ1) is 19.1. The van der Waals surface area contributed by atoms with E-state index in [1.165, 1.54) is 31.2 Å². The molecule has 22 heavy (non-hydrogen) atoms. The molecule has 0 aromatic heterocycles. The molecule has 0 heterocycles. The molecule has 0 aliphatic heterocycles. The van der Waals surface area contributed by atoms with Gasteiger partial charge in [0.1, 0.15) is 0 Å². The Balaban J connectivity index is 3.10. The van der Waals surface area contributed by atoms with Gasteiger partial charge in [0, 0.05) is 6.42 Å². The van der Waals surface area contributed by atoms with Gasteiger partial charge in [-0.25, -0.2) is 4.18 Å². The fourth-order valence-electron chi connectivity index (χ4n) is 1.49. The summed E-state index contributed by atoms with van der Waals surface area (Å²) >= 11 is 0. The zero-order valence-electron chi connectivity index (χ0n) is 11.4. The van der Waals surface area contributed by atoms with E-state index in [1.54, 1.807) is 6.07 Å². The lowest BCUT2D eigenvalue weighted by Crippen LogP contribution is -2.31. The maximum Gasteiger partial charge on any atom is 0.523 e. The van der Waals surface area contributed by atoms with Crippen molar-refractivity contribution in [2.24, 2.45) is 0 Å². The third-order valence-electron chi connectivity index (χ3n) is 2.45. The quantitative estimate of drug-likeness (QED) is 0.456. The predicted octanol–water partition coefficient (Wildman–Crippen LogP) is 2.64. The molecule has 0 amide bonds. The summed E-state index contributed by atoms with van der Waals surface area (Å²) < 4.78 is 79.6. The van der Waals surface area contributed by atoms with E-state index in [2.05, 4.69) is 8.71 Å². The van der Waals surface area contributed by atoms with Crippen molar-refractivity contribution >= 4 is 17.7 Å². The Bertz CT molecular complexity index is 631. The molecule has 2 atom stereocenters. The van der Waals surface area contributed by atoms with E-state index in [0.29, 0.717) is 5.56 Å². The monoisotopic (exact) mass is 362 g/mol. The van der Waals surface area contributed by atoms with E-state index in [0.717, 1.165) is 0 Å². The first-order valence-corrected chi connectivity index (χ1v) is 9.05. The van der Waals surface area contributed by atoms with Crippen molar-refractivity contribution in [3.8, 4) is 0 Å². The van der Waals surface area contributed by atoms with E-state index >= 15 is 0 Å². The standard InChI is InChI=1S/C11H14F3O6PS/c1-2-19-21(15,16)10(8-9-6-4-3-5-7-9)20-22(17,18)11(12,13)14/h3-7,10H,2,8H2,1H3,(H,15,16). The van der Waals surface area contributed by atoms with Crippen LogP contribution in [0.1, 0.15) is 12.5 Å². The second kappa shape index (κ2) is 7.10. The average Bonchev–Trinajstić information content (AvgIpc) is 2.37. The molecular formula is C11H14F3O6PS. The molecule has 1 N–H and O–H groups in total. The lowest BCUT2D eigenvalue weighted by molar-refractivity contribution is -0.0556. The van der Waals surface area contributed by atoms with Crippen LogP contribution in [0, 0.1) is 0 Å². The summed E-state index contributed by atoms with van der Waals surface area (Å²) in [5, 5.41) is 0. The Labute approximate surface area is 125 Å². The van der Waals surface area contributed by atoms with Gasteiger partial charge in [-0.05, 0) is 12.5 Å². The minimum Gasteiger partial charge on any atom is -0.322 e. The van der Waals surface area contributed by atoms with Gasteiger partial charge in [0.15, 0.2) is 5.85 Å². The molecule has 126 valence electrons. The fourth-order valence-corrected chi connectivity index (χ4v) is 3.71. The fraction of sp³-hybridized carbons (Fsp3) is 0.455. The van der Waals surface area contributed by atoms with Gasteiger partial charge in [-0.1, -0.05) is 30.3 Å². The normalized spacial score (nSPS) is 17.0. The van der Waals surface area contributed by atoms with E-state index in [1.807, 2.05) is 0 Å². The summed E-state index contributed by atoms with van der Waals surface area (Å²) in [5.41, 5.74) is -5.38. The molecular weight excluding hydrogens is 348 g/mol. The largest absolute Gasteiger partial charge is 0.523 e. The number of rotatable bonds is 7. The predicted molar refractivity (Wildman–Crippen MR) is 71.4 cm³/mol. The molecule has 0 aliphatic carbocycles. The minimum atomic E-state index is -6.03. The third kappa shape index (κ3) is 5.06. The Morgan fingerprint density at radius 3 is 2.27 bits per heavy atom. The molecule has 0 spiro atoms. The van der Waals surface area contributed by atoms with Gasteiger partial charge in [-0.15, -0.1) is 0 Å². The molecule has 6 nitrogen and oxygen atoms in total. The molecule has 0 bridgehead atoms. The molecule has 1 rings (SSSR count). The molecule has 0 saturated heterocycles. The van der Waals surface area contributed by atoms with E-state index < -0.39 is 35.5 Å². The summed E-state index contributed by atoms with van der Waals surface area (Å²) in [5.74, 6) is -2.19. The van der Waals surface area contributed by atoms with Crippen molar-refractivity contribution in [2.45, 2.75) is 24.7 Å². The highest BCUT2D eigenvalue weighted by Gasteiger charge is 2.51. The molecule has 11 heteroatoms. The van der Waals surface area contributed by atoms with Crippen LogP contribution in [0.5, 0.6) is 0 Å². The summed E-state index contributed by atoms with van der Waals surface area (Å²) in [4.78, 5) is 9.64.